The Hall–Kier alpha value is -3.15. The molecular weight excluding hydrogens is 300 g/mol. The van der Waals surface area contributed by atoms with Crippen molar-refractivity contribution in [3.8, 4) is 23.0 Å². The van der Waals surface area contributed by atoms with Gasteiger partial charge >= 0.3 is 5.97 Å². The summed E-state index contributed by atoms with van der Waals surface area (Å²) in [5.41, 5.74) is 0.610. The summed E-state index contributed by atoms with van der Waals surface area (Å²) in [7, 11) is 0. The van der Waals surface area contributed by atoms with Crippen LogP contribution in [-0.4, -0.2) is 33.0 Å². The summed E-state index contributed by atoms with van der Waals surface area (Å²) in [6, 6.07) is 10.4. The molecule has 6 heteroatoms. The van der Waals surface area contributed by atoms with Gasteiger partial charge in [0.25, 0.3) is 0 Å². The molecule has 122 valence electrons. The van der Waals surface area contributed by atoms with Crippen LogP contribution in [-0.2, 0) is 9.53 Å². The Bertz CT molecular complexity index is 658. The molecule has 2 aromatic rings. The molecule has 0 aliphatic rings. The minimum Gasteiger partial charge on any atom is -0.504 e. The number of aromatic hydroxyl groups is 4. The topological polar surface area (TPSA) is 107 Å². The van der Waals surface area contributed by atoms with Gasteiger partial charge in [0.05, 0.1) is 6.61 Å². The lowest BCUT2D eigenvalue weighted by Crippen LogP contribution is -1.98. The molecular formula is C17H18O6. The van der Waals surface area contributed by atoms with E-state index in [0.29, 0.717) is 12.2 Å². The molecule has 0 heterocycles. The molecule has 0 unspecified atom stereocenters. The fourth-order valence-corrected chi connectivity index (χ4v) is 1.46. The monoisotopic (exact) mass is 318 g/mol. The van der Waals surface area contributed by atoms with E-state index in [1.54, 1.807) is 25.1 Å². The lowest BCUT2D eigenvalue weighted by molar-refractivity contribution is -0.137. The van der Waals surface area contributed by atoms with Crippen molar-refractivity contribution in [1.29, 1.82) is 0 Å². The molecule has 0 fully saturated rings. The second-order valence-corrected chi connectivity index (χ2v) is 4.32. The van der Waals surface area contributed by atoms with Crippen molar-refractivity contribution in [2.75, 3.05) is 6.61 Å². The number of para-hydroxylation sites is 2. The summed E-state index contributed by atoms with van der Waals surface area (Å²) < 4.78 is 4.68. The lowest BCUT2D eigenvalue weighted by Gasteiger charge is -1.98. The summed E-state index contributed by atoms with van der Waals surface area (Å²) in [5.74, 6) is -1.01. The van der Waals surface area contributed by atoms with E-state index in [4.69, 9.17) is 20.4 Å². The molecule has 6 nitrogen and oxygen atoms in total. The zero-order chi connectivity index (χ0) is 17.2. The predicted molar refractivity (Wildman–Crippen MR) is 85.2 cm³/mol. The van der Waals surface area contributed by atoms with Crippen LogP contribution in [0.15, 0.2) is 48.5 Å². The molecule has 0 amide bonds. The van der Waals surface area contributed by atoms with Crippen LogP contribution in [0.25, 0.3) is 6.08 Å². The van der Waals surface area contributed by atoms with Gasteiger partial charge in [-0.1, -0.05) is 18.2 Å². The number of hydrogen-bond acceptors (Lipinski definition) is 6. The number of ether oxygens (including phenoxy) is 1. The van der Waals surface area contributed by atoms with Crippen LogP contribution in [0.2, 0.25) is 0 Å². The molecule has 2 rings (SSSR count). The molecule has 0 aromatic heterocycles. The zero-order valence-electron chi connectivity index (χ0n) is 12.5. The molecule has 4 N–H and O–H groups in total. The fraction of sp³-hybridized carbons (Fsp3) is 0.118. The molecule has 0 saturated heterocycles. The highest BCUT2D eigenvalue weighted by atomic mass is 16.5. The highest BCUT2D eigenvalue weighted by Gasteiger charge is 1.99. The number of benzene rings is 2. The van der Waals surface area contributed by atoms with Gasteiger partial charge in [-0.3, -0.25) is 0 Å². The van der Waals surface area contributed by atoms with E-state index in [1.807, 2.05) is 0 Å². The summed E-state index contributed by atoms with van der Waals surface area (Å²) in [5, 5.41) is 35.5. The van der Waals surface area contributed by atoms with Crippen molar-refractivity contribution >= 4 is 12.0 Å². The molecule has 0 atom stereocenters. The Morgan fingerprint density at radius 2 is 1.52 bits per heavy atom. The standard InChI is InChI=1S/C11H12O4.C6H6O2/c1-2-15-11(14)6-4-8-3-5-9(12)10(13)7-8;7-5-3-1-2-4-6(5)8/h3-7,12-13H,2H2,1H3;1-4,7-8H. The van der Waals surface area contributed by atoms with Gasteiger partial charge in [0.2, 0.25) is 0 Å². The van der Waals surface area contributed by atoms with E-state index in [-0.39, 0.29) is 23.0 Å². The van der Waals surface area contributed by atoms with E-state index in [0.717, 1.165) is 0 Å². The van der Waals surface area contributed by atoms with Crippen LogP contribution in [0.3, 0.4) is 0 Å². The summed E-state index contributed by atoms with van der Waals surface area (Å²) in [6.07, 6.45) is 2.76. The Balaban J connectivity index is 0.000000277. The molecule has 23 heavy (non-hydrogen) atoms. The Morgan fingerprint density at radius 3 is 2.00 bits per heavy atom. The largest absolute Gasteiger partial charge is 0.504 e. The summed E-state index contributed by atoms with van der Waals surface area (Å²) >= 11 is 0. The first-order chi connectivity index (χ1) is 10.9. The number of phenolic OH excluding ortho intramolecular Hbond substituents is 4. The highest BCUT2D eigenvalue weighted by molar-refractivity contribution is 5.87. The average Bonchev–Trinajstić information content (AvgIpc) is 2.52. The maximum atomic E-state index is 10.9. The minimum absolute atomic E-state index is 0.0764. The van der Waals surface area contributed by atoms with Gasteiger partial charge in [-0.05, 0) is 42.8 Å². The van der Waals surface area contributed by atoms with E-state index < -0.39 is 5.97 Å². The van der Waals surface area contributed by atoms with Crippen LogP contribution in [0, 0.1) is 0 Å². The van der Waals surface area contributed by atoms with Crippen molar-refractivity contribution in [3.05, 3.63) is 54.1 Å². The SMILES string of the molecule is CCOC(=O)C=Cc1ccc(O)c(O)c1.Oc1ccccc1O. The van der Waals surface area contributed by atoms with Gasteiger partial charge in [-0.25, -0.2) is 4.79 Å². The van der Waals surface area contributed by atoms with Gasteiger partial charge in [0.15, 0.2) is 23.0 Å². The molecule has 0 saturated carbocycles. The minimum atomic E-state index is -0.440. The third-order valence-corrected chi connectivity index (χ3v) is 2.58. The van der Waals surface area contributed by atoms with Crippen LogP contribution < -0.4 is 0 Å². The number of hydrogen-bond donors (Lipinski definition) is 4. The molecule has 0 bridgehead atoms. The first kappa shape index (κ1) is 17.9. The fourth-order valence-electron chi connectivity index (χ4n) is 1.46. The lowest BCUT2D eigenvalue weighted by atomic mass is 10.2. The van der Waals surface area contributed by atoms with E-state index in [2.05, 4.69) is 4.74 Å². The maximum Gasteiger partial charge on any atom is 0.330 e. The van der Waals surface area contributed by atoms with Crippen LogP contribution in [0.5, 0.6) is 23.0 Å². The molecule has 0 aliphatic carbocycles. The highest BCUT2D eigenvalue weighted by Crippen LogP contribution is 2.25. The van der Waals surface area contributed by atoms with E-state index in [9.17, 15) is 4.79 Å². The maximum absolute atomic E-state index is 10.9. The van der Waals surface area contributed by atoms with Crippen molar-refractivity contribution in [2.45, 2.75) is 6.92 Å². The van der Waals surface area contributed by atoms with Gasteiger partial charge in [-0.15, -0.1) is 0 Å². The quantitative estimate of drug-likeness (QED) is 0.394. The van der Waals surface area contributed by atoms with E-state index in [1.165, 1.54) is 36.4 Å². The van der Waals surface area contributed by atoms with Crippen molar-refractivity contribution in [2.24, 2.45) is 0 Å². The number of carbonyl (C=O) groups excluding carboxylic acids is 1. The number of esters is 1. The Morgan fingerprint density at radius 1 is 0.957 bits per heavy atom. The van der Waals surface area contributed by atoms with Crippen molar-refractivity contribution in [3.63, 3.8) is 0 Å². The smallest absolute Gasteiger partial charge is 0.330 e. The average molecular weight is 318 g/mol. The van der Waals surface area contributed by atoms with Crippen molar-refractivity contribution in [1.82, 2.24) is 0 Å². The Kier molecular flexibility index (Phi) is 7.00. The summed E-state index contributed by atoms with van der Waals surface area (Å²) in [4.78, 5) is 10.9. The normalized spacial score (nSPS) is 9.96. The van der Waals surface area contributed by atoms with Gasteiger partial charge in [0.1, 0.15) is 0 Å². The molecule has 0 aliphatic heterocycles. The first-order valence-electron chi connectivity index (χ1n) is 6.77. The summed E-state index contributed by atoms with van der Waals surface area (Å²) in [6.45, 7) is 2.04. The first-order valence-corrected chi connectivity index (χ1v) is 6.77. The number of rotatable bonds is 3. The molecule has 0 radical (unpaired) electrons. The third kappa shape index (κ3) is 6.43. The van der Waals surface area contributed by atoms with E-state index >= 15 is 0 Å². The van der Waals surface area contributed by atoms with Gasteiger partial charge in [0, 0.05) is 6.08 Å². The second-order valence-electron chi connectivity index (χ2n) is 4.32. The van der Waals surface area contributed by atoms with Crippen LogP contribution in [0.1, 0.15) is 12.5 Å². The predicted octanol–water partition coefficient (Wildman–Crippen LogP) is 2.77. The zero-order valence-corrected chi connectivity index (χ0v) is 12.5. The van der Waals surface area contributed by atoms with Gasteiger partial charge in [-0.2, -0.15) is 0 Å². The molecule has 2 aromatic carbocycles. The van der Waals surface area contributed by atoms with Gasteiger partial charge < -0.3 is 25.2 Å². The Labute approximate surface area is 133 Å². The second kappa shape index (κ2) is 8.99. The number of phenols is 4. The van der Waals surface area contributed by atoms with Crippen LogP contribution >= 0.6 is 0 Å². The third-order valence-electron chi connectivity index (χ3n) is 2.58. The van der Waals surface area contributed by atoms with Crippen LogP contribution in [0.4, 0.5) is 0 Å². The van der Waals surface area contributed by atoms with Crippen molar-refractivity contribution < 1.29 is 30.0 Å². The molecule has 0 spiro atoms. The number of carbonyl (C=O) groups is 1.